The topological polar surface area (TPSA) is 50.4 Å². The predicted octanol–water partition coefficient (Wildman–Crippen LogP) is 3.42. The molecule has 0 aliphatic rings. The molecule has 1 aromatic rings. The summed E-state index contributed by atoms with van der Waals surface area (Å²) in [7, 11) is 0. The highest BCUT2D eigenvalue weighted by Gasteiger charge is 2.17. The van der Waals surface area contributed by atoms with Crippen molar-refractivity contribution in [2.45, 2.75) is 59.6 Å². The van der Waals surface area contributed by atoms with Gasteiger partial charge in [-0.15, -0.1) is 12.4 Å². The first-order valence-electron chi connectivity index (χ1n) is 8.13. The number of nitrogens with one attached hydrogen (secondary N) is 2. The highest BCUT2D eigenvalue weighted by Crippen LogP contribution is 2.28. The molecule has 1 unspecified atom stereocenters. The number of benzene rings is 1. The van der Waals surface area contributed by atoms with E-state index in [9.17, 15) is 4.79 Å². The summed E-state index contributed by atoms with van der Waals surface area (Å²) < 4.78 is 5.91. The van der Waals surface area contributed by atoms with Crippen LogP contribution in [0.25, 0.3) is 0 Å². The molecule has 1 aromatic carbocycles. The summed E-state index contributed by atoms with van der Waals surface area (Å²) in [6.07, 6.45) is -0.506. The second kappa shape index (κ2) is 10.5. The zero-order valence-electron chi connectivity index (χ0n) is 15.1. The van der Waals surface area contributed by atoms with E-state index >= 15 is 0 Å². The molecule has 0 aliphatic carbocycles. The molecule has 0 heterocycles. The summed E-state index contributed by atoms with van der Waals surface area (Å²) >= 11 is 0. The third-order valence-electron chi connectivity index (χ3n) is 3.60. The van der Waals surface area contributed by atoms with Gasteiger partial charge in [-0.05, 0) is 50.4 Å². The molecule has 0 fully saturated rings. The SMILES string of the molecule is CCN[C@H](C)CNC(=O)C(C)Oc1cc(C)ccc1C(C)C.Cl. The molecule has 2 atom stereocenters. The molecule has 4 nitrogen and oxygen atoms in total. The first kappa shape index (κ1) is 21.7. The Balaban J connectivity index is 0.00000484. The standard InChI is InChI=1S/C18H30N2O2.ClH/c1-7-19-14(5)11-20-18(21)15(6)22-17-10-13(4)8-9-16(17)12(2)3;/h8-10,12,14-15,19H,7,11H2,1-6H3,(H,20,21);1H/t14-,15?;/m1./s1. The van der Waals surface area contributed by atoms with E-state index in [2.05, 4.69) is 43.5 Å². The quantitative estimate of drug-likeness (QED) is 0.761. The monoisotopic (exact) mass is 342 g/mol. The van der Waals surface area contributed by atoms with Crippen LogP contribution in [0.1, 0.15) is 51.7 Å². The summed E-state index contributed by atoms with van der Waals surface area (Å²) in [6, 6.07) is 6.41. The van der Waals surface area contributed by atoms with E-state index in [0.29, 0.717) is 12.5 Å². The van der Waals surface area contributed by atoms with Crippen LogP contribution >= 0.6 is 12.4 Å². The smallest absolute Gasteiger partial charge is 0.260 e. The molecule has 0 saturated heterocycles. The van der Waals surface area contributed by atoms with Gasteiger partial charge in [-0.2, -0.15) is 0 Å². The highest BCUT2D eigenvalue weighted by molar-refractivity contribution is 5.85. The van der Waals surface area contributed by atoms with Gasteiger partial charge < -0.3 is 15.4 Å². The van der Waals surface area contributed by atoms with Crippen molar-refractivity contribution < 1.29 is 9.53 Å². The van der Waals surface area contributed by atoms with E-state index in [-0.39, 0.29) is 24.4 Å². The van der Waals surface area contributed by atoms with Crippen LogP contribution in [0.5, 0.6) is 5.75 Å². The maximum atomic E-state index is 12.2. The molecule has 0 aromatic heterocycles. The predicted molar refractivity (Wildman–Crippen MR) is 98.8 cm³/mol. The van der Waals surface area contributed by atoms with Crippen molar-refractivity contribution >= 4 is 18.3 Å². The molecule has 5 heteroatoms. The van der Waals surface area contributed by atoms with E-state index in [1.807, 2.05) is 19.9 Å². The van der Waals surface area contributed by atoms with Gasteiger partial charge in [0.25, 0.3) is 5.91 Å². The van der Waals surface area contributed by atoms with Crippen LogP contribution in [0, 0.1) is 6.92 Å². The molecule has 0 aliphatic heterocycles. The summed E-state index contributed by atoms with van der Waals surface area (Å²) in [4.78, 5) is 12.2. The molecular formula is C18H31ClN2O2. The van der Waals surface area contributed by atoms with Gasteiger partial charge in [0.05, 0.1) is 0 Å². The second-order valence-electron chi connectivity index (χ2n) is 6.16. The van der Waals surface area contributed by atoms with Gasteiger partial charge in [-0.3, -0.25) is 4.79 Å². The van der Waals surface area contributed by atoms with E-state index in [1.165, 1.54) is 0 Å². The number of carbonyl (C=O) groups is 1. The number of halogens is 1. The molecule has 132 valence electrons. The molecule has 0 spiro atoms. The summed E-state index contributed by atoms with van der Waals surface area (Å²) in [5.41, 5.74) is 2.26. The number of likely N-dealkylation sites (N-methyl/N-ethyl adjacent to an activating group) is 1. The second-order valence-corrected chi connectivity index (χ2v) is 6.16. The first-order chi connectivity index (χ1) is 10.3. The summed E-state index contributed by atoms with van der Waals surface area (Å²) in [6.45, 7) is 13.7. The number of ether oxygens (including phenoxy) is 1. The lowest BCUT2D eigenvalue weighted by Crippen LogP contribution is -2.43. The number of aryl methyl sites for hydroxylation is 1. The van der Waals surface area contributed by atoms with Crippen molar-refractivity contribution in [3.8, 4) is 5.75 Å². The van der Waals surface area contributed by atoms with Crippen LogP contribution < -0.4 is 15.4 Å². The zero-order valence-corrected chi connectivity index (χ0v) is 15.9. The van der Waals surface area contributed by atoms with Gasteiger partial charge in [0.15, 0.2) is 6.10 Å². The van der Waals surface area contributed by atoms with Gasteiger partial charge in [0, 0.05) is 12.6 Å². The molecule has 0 radical (unpaired) electrons. The third-order valence-corrected chi connectivity index (χ3v) is 3.60. The van der Waals surface area contributed by atoms with Crippen molar-refractivity contribution in [2.24, 2.45) is 0 Å². The Morgan fingerprint density at radius 1 is 1.22 bits per heavy atom. The maximum absolute atomic E-state index is 12.2. The fraction of sp³-hybridized carbons (Fsp3) is 0.611. The Morgan fingerprint density at radius 2 is 1.87 bits per heavy atom. The van der Waals surface area contributed by atoms with E-state index < -0.39 is 6.10 Å². The summed E-state index contributed by atoms with van der Waals surface area (Å²) in [5, 5.41) is 6.19. The van der Waals surface area contributed by atoms with Crippen LogP contribution in [-0.2, 0) is 4.79 Å². The number of hydrogen-bond acceptors (Lipinski definition) is 3. The molecule has 0 saturated carbocycles. The van der Waals surface area contributed by atoms with Gasteiger partial charge in [-0.25, -0.2) is 0 Å². The lowest BCUT2D eigenvalue weighted by Gasteiger charge is -2.20. The lowest BCUT2D eigenvalue weighted by molar-refractivity contribution is -0.127. The van der Waals surface area contributed by atoms with E-state index in [4.69, 9.17) is 4.74 Å². The van der Waals surface area contributed by atoms with Crippen molar-refractivity contribution in [2.75, 3.05) is 13.1 Å². The molecule has 1 amide bonds. The maximum Gasteiger partial charge on any atom is 0.260 e. The number of amides is 1. The van der Waals surface area contributed by atoms with Crippen molar-refractivity contribution in [3.63, 3.8) is 0 Å². The fourth-order valence-electron chi connectivity index (χ4n) is 2.28. The van der Waals surface area contributed by atoms with Crippen molar-refractivity contribution in [1.82, 2.24) is 10.6 Å². The first-order valence-corrected chi connectivity index (χ1v) is 8.13. The third kappa shape index (κ3) is 7.23. The summed E-state index contributed by atoms with van der Waals surface area (Å²) in [5.74, 6) is 1.08. The van der Waals surface area contributed by atoms with E-state index in [0.717, 1.165) is 23.4 Å². The number of carbonyl (C=O) groups excluding carboxylic acids is 1. The Bertz CT molecular complexity index is 492. The average Bonchev–Trinajstić information content (AvgIpc) is 2.44. The zero-order chi connectivity index (χ0) is 16.7. The minimum Gasteiger partial charge on any atom is -0.481 e. The van der Waals surface area contributed by atoms with Crippen molar-refractivity contribution in [1.29, 1.82) is 0 Å². The minimum absolute atomic E-state index is 0. The van der Waals surface area contributed by atoms with Crippen molar-refractivity contribution in [3.05, 3.63) is 29.3 Å². The van der Waals surface area contributed by atoms with Crippen LogP contribution in [-0.4, -0.2) is 31.1 Å². The van der Waals surface area contributed by atoms with E-state index in [1.54, 1.807) is 6.92 Å². The number of hydrogen-bond donors (Lipinski definition) is 2. The Hall–Kier alpha value is -1.26. The van der Waals surface area contributed by atoms with Gasteiger partial charge in [-0.1, -0.05) is 32.9 Å². The molecule has 2 N–H and O–H groups in total. The lowest BCUT2D eigenvalue weighted by atomic mass is 10.0. The van der Waals surface area contributed by atoms with Gasteiger partial charge >= 0.3 is 0 Å². The molecule has 0 bridgehead atoms. The Labute approximate surface area is 146 Å². The highest BCUT2D eigenvalue weighted by atomic mass is 35.5. The van der Waals surface area contributed by atoms with Gasteiger partial charge in [0.1, 0.15) is 5.75 Å². The van der Waals surface area contributed by atoms with Gasteiger partial charge in [0.2, 0.25) is 0 Å². The molecule has 1 rings (SSSR count). The minimum atomic E-state index is -0.506. The Kier molecular flexibility index (Phi) is 9.93. The Morgan fingerprint density at radius 3 is 2.43 bits per heavy atom. The number of rotatable bonds is 8. The van der Waals surface area contributed by atoms with Crippen LogP contribution in [0.15, 0.2) is 18.2 Å². The van der Waals surface area contributed by atoms with Crippen LogP contribution in [0.3, 0.4) is 0 Å². The molecule has 23 heavy (non-hydrogen) atoms. The van der Waals surface area contributed by atoms with Crippen LogP contribution in [0.2, 0.25) is 0 Å². The van der Waals surface area contributed by atoms with Crippen LogP contribution in [0.4, 0.5) is 0 Å². The fourth-order valence-corrected chi connectivity index (χ4v) is 2.28. The molecular weight excluding hydrogens is 312 g/mol. The average molecular weight is 343 g/mol. The largest absolute Gasteiger partial charge is 0.481 e. The normalized spacial score (nSPS) is 13.2.